The van der Waals surface area contributed by atoms with Gasteiger partial charge in [0.05, 0.1) is 13.3 Å². The first-order valence-electron chi connectivity index (χ1n) is 5.00. The van der Waals surface area contributed by atoms with Crippen molar-refractivity contribution in [2.45, 2.75) is 0 Å². The van der Waals surface area contributed by atoms with Crippen molar-refractivity contribution in [3.05, 3.63) is 23.8 Å². The van der Waals surface area contributed by atoms with E-state index < -0.39 is 6.03 Å². The fraction of sp³-hybridized carbons (Fsp3) is 0.167. The Morgan fingerprint density at radius 2 is 2.39 bits per heavy atom. The Hall–Kier alpha value is -2.68. The van der Waals surface area contributed by atoms with Gasteiger partial charge >= 0.3 is 6.03 Å². The van der Waals surface area contributed by atoms with Gasteiger partial charge in [-0.15, -0.1) is 6.42 Å². The molecule has 2 amide bonds. The molecule has 0 spiro atoms. The maximum Gasteiger partial charge on any atom is 0.332 e. The maximum atomic E-state index is 10.4. The van der Waals surface area contributed by atoms with Crippen molar-refractivity contribution < 1.29 is 14.3 Å². The summed E-state index contributed by atoms with van der Waals surface area (Å²) in [5, 5.41) is 3.63. The van der Waals surface area contributed by atoms with E-state index in [0.717, 1.165) is 0 Å². The quantitative estimate of drug-likeness (QED) is 0.456. The van der Waals surface area contributed by atoms with Crippen LogP contribution in [0.2, 0.25) is 0 Å². The largest absolute Gasteiger partial charge is 0.493 e. The van der Waals surface area contributed by atoms with E-state index in [-0.39, 0.29) is 6.61 Å². The molecular formula is C12H13N3O3. The first-order chi connectivity index (χ1) is 8.67. The van der Waals surface area contributed by atoms with Crippen LogP contribution in [0.5, 0.6) is 11.5 Å². The first-order valence-corrected chi connectivity index (χ1v) is 5.00. The summed E-state index contributed by atoms with van der Waals surface area (Å²) in [5.41, 5.74) is 7.66. The van der Waals surface area contributed by atoms with E-state index in [1.807, 2.05) is 0 Å². The molecule has 1 aromatic carbocycles. The Balaban J connectivity index is 2.85. The van der Waals surface area contributed by atoms with Crippen molar-refractivity contribution in [3.8, 4) is 23.8 Å². The normalized spacial score (nSPS) is 9.78. The van der Waals surface area contributed by atoms with Crippen LogP contribution < -0.4 is 20.6 Å². The molecule has 0 atom stereocenters. The number of methoxy groups -OCH3 is 1. The highest BCUT2D eigenvalue weighted by Crippen LogP contribution is 2.27. The van der Waals surface area contributed by atoms with Crippen LogP contribution in [0.4, 0.5) is 4.79 Å². The summed E-state index contributed by atoms with van der Waals surface area (Å²) in [5.74, 6) is 3.42. The number of hydrazone groups is 1. The highest BCUT2D eigenvalue weighted by Gasteiger charge is 2.04. The van der Waals surface area contributed by atoms with Crippen molar-refractivity contribution in [1.29, 1.82) is 0 Å². The third-order valence-corrected chi connectivity index (χ3v) is 1.89. The fourth-order valence-corrected chi connectivity index (χ4v) is 1.18. The van der Waals surface area contributed by atoms with Gasteiger partial charge in [-0.05, 0) is 23.8 Å². The van der Waals surface area contributed by atoms with E-state index in [4.69, 9.17) is 21.6 Å². The van der Waals surface area contributed by atoms with Gasteiger partial charge in [0.1, 0.15) is 6.61 Å². The van der Waals surface area contributed by atoms with E-state index in [0.29, 0.717) is 17.1 Å². The lowest BCUT2D eigenvalue weighted by Crippen LogP contribution is -2.24. The third kappa shape index (κ3) is 4.06. The van der Waals surface area contributed by atoms with E-state index in [2.05, 4.69) is 16.4 Å². The van der Waals surface area contributed by atoms with Gasteiger partial charge in [-0.25, -0.2) is 10.2 Å². The molecular weight excluding hydrogens is 234 g/mol. The van der Waals surface area contributed by atoms with Crippen molar-refractivity contribution in [2.75, 3.05) is 13.7 Å². The minimum Gasteiger partial charge on any atom is -0.493 e. The summed E-state index contributed by atoms with van der Waals surface area (Å²) < 4.78 is 10.4. The zero-order valence-electron chi connectivity index (χ0n) is 9.84. The molecule has 0 heterocycles. The molecule has 0 aliphatic heterocycles. The zero-order valence-corrected chi connectivity index (χ0v) is 9.84. The summed E-state index contributed by atoms with van der Waals surface area (Å²) in [6.45, 7) is 0.135. The molecule has 94 valence electrons. The van der Waals surface area contributed by atoms with Gasteiger partial charge in [-0.1, -0.05) is 5.92 Å². The summed E-state index contributed by atoms with van der Waals surface area (Å²) >= 11 is 0. The molecule has 0 unspecified atom stereocenters. The number of rotatable bonds is 5. The van der Waals surface area contributed by atoms with Crippen LogP contribution >= 0.6 is 0 Å². The number of benzene rings is 1. The van der Waals surface area contributed by atoms with Gasteiger partial charge in [0.25, 0.3) is 0 Å². The van der Waals surface area contributed by atoms with Crippen molar-refractivity contribution in [2.24, 2.45) is 10.8 Å². The summed E-state index contributed by atoms with van der Waals surface area (Å²) in [4.78, 5) is 10.4. The van der Waals surface area contributed by atoms with E-state index in [9.17, 15) is 4.79 Å². The molecule has 6 heteroatoms. The average molecular weight is 247 g/mol. The van der Waals surface area contributed by atoms with Crippen LogP contribution in [0, 0.1) is 12.3 Å². The van der Waals surface area contributed by atoms with Crippen LogP contribution in [-0.4, -0.2) is 26.0 Å². The molecule has 1 rings (SSSR count). The summed E-state index contributed by atoms with van der Waals surface area (Å²) in [6.07, 6.45) is 6.54. The molecule has 0 aromatic heterocycles. The lowest BCUT2D eigenvalue weighted by atomic mass is 10.2. The molecule has 18 heavy (non-hydrogen) atoms. The topological polar surface area (TPSA) is 85.9 Å². The number of hydrogen-bond acceptors (Lipinski definition) is 4. The number of nitrogens with two attached hydrogens (primary N) is 1. The lowest BCUT2D eigenvalue weighted by Gasteiger charge is -2.08. The summed E-state index contributed by atoms with van der Waals surface area (Å²) in [7, 11) is 1.53. The maximum absolute atomic E-state index is 10.4. The van der Waals surface area contributed by atoms with Gasteiger partial charge in [-0.2, -0.15) is 5.10 Å². The predicted octanol–water partition coefficient (Wildman–Crippen LogP) is 0.709. The molecule has 1 aromatic rings. The van der Waals surface area contributed by atoms with Crippen molar-refractivity contribution in [3.63, 3.8) is 0 Å². The Morgan fingerprint density at radius 1 is 1.61 bits per heavy atom. The lowest BCUT2D eigenvalue weighted by molar-refractivity contribution is 0.249. The van der Waals surface area contributed by atoms with Crippen molar-refractivity contribution in [1.82, 2.24) is 5.43 Å². The molecule has 0 aliphatic rings. The second-order valence-electron chi connectivity index (χ2n) is 3.14. The molecule has 6 nitrogen and oxygen atoms in total. The van der Waals surface area contributed by atoms with Gasteiger partial charge < -0.3 is 15.2 Å². The van der Waals surface area contributed by atoms with Crippen LogP contribution in [-0.2, 0) is 0 Å². The molecule has 0 saturated heterocycles. The number of amides is 2. The van der Waals surface area contributed by atoms with E-state index >= 15 is 0 Å². The Morgan fingerprint density at radius 3 is 3.00 bits per heavy atom. The summed E-state index contributed by atoms with van der Waals surface area (Å²) in [6, 6.07) is 4.40. The molecule has 0 aliphatic carbocycles. The number of nitrogens with zero attached hydrogens (tertiary/aromatic N) is 1. The average Bonchev–Trinajstić information content (AvgIpc) is 2.36. The number of terminal acetylenes is 1. The van der Waals surface area contributed by atoms with Gasteiger partial charge in [0.15, 0.2) is 11.5 Å². The van der Waals surface area contributed by atoms with Crippen LogP contribution in [0.15, 0.2) is 23.3 Å². The first kappa shape index (κ1) is 13.4. The Labute approximate surface area is 105 Å². The number of urea groups is 1. The second-order valence-corrected chi connectivity index (χ2v) is 3.14. The van der Waals surface area contributed by atoms with Crippen LogP contribution in [0.3, 0.4) is 0 Å². The predicted molar refractivity (Wildman–Crippen MR) is 67.6 cm³/mol. The Bertz CT molecular complexity index is 492. The van der Waals surface area contributed by atoms with Gasteiger partial charge in [0, 0.05) is 0 Å². The monoisotopic (exact) mass is 247 g/mol. The number of nitrogens with one attached hydrogen (secondary N) is 1. The van der Waals surface area contributed by atoms with Gasteiger partial charge in [0.2, 0.25) is 0 Å². The van der Waals surface area contributed by atoms with Gasteiger partial charge in [-0.3, -0.25) is 0 Å². The number of hydrogen-bond donors (Lipinski definition) is 2. The van der Waals surface area contributed by atoms with Crippen LogP contribution in [0.25, 0.3) is 0 Å². The highest BCUT2D eigenvalue weighted by atomic mass is 16.5. The third-order valence-electron chi connectivity index (χ3n) is 1.89. The highest BCUT2D eigenvalue weighted by molar-refractivity contribution is 5.82. The fourth-order valence-electron chi connectivity index (χ4n) is 1.18. The minimum absolute atomic E-state index is 0.135. The number of carbonyl (C=O) groups excluding carboxylic acids is 1. The smallest absolute Gasteiger partial charge is 0.332 e. The molecule has 0 radical (unpaired) electrons. The molecule has 0 saturated carbocycles. The SMILES string of the molecule is C#CCOc1cc(C=NNC(N)=O)ccc1OC. The Kier molecular flexibility index (Phi) is 5.06. The standard InChI is InChI=1S/C12H13N3O3/c1-3-6-18-11-7-9(4-5-10(11)17-2)8-14-15-12(13)16/h1,4-5,7-8H,6H2,2H3,(H3,13,15,16). The van der Waals surface area contributed by atoms with Crippen molar-refractivity contribution >= 4 is 12.2 Å². The molecule has 3 N–H and O–H groups in total. The number of primary amides is 1. The van der Waals surface area contributed by atoms with E-state index in [1.165, 1.54) is 13.3 Å². The van der Waals surface area contributed by atoms with Crippen LogP contribution in [0.1, 0.15) is 5.56 Å². The minimum atomic E-state index is -0.733. The zero-order chi connectivity index (χ0) is 13.4. The molecule has 0 bridgehead atoms. The molecule has 0 fully saturated rings. The second kappa shape index (κ2) is 6.81. The number of carbonyl (C=O) groups is 1. The van der Waals surface area contributed by atoms with E-state index in [1.54, 1.807) is 18.2 Å². The number of ether oxygens (including phenoxy) is 2.